The van der Waals surface area contributed by atoms with Gasteiger partial charge in [0.15, 0.2) is 0 Å². The second-order valence-corrected chi connectivity index (χ2v) is 8.65. The molecule has 4 nitrogen and oxygen atoms in total. The van der Waals surface area contributed by atoms with Crippen LogP contribution in [-0.2, 0) is 24.7 Å². The van der Waals surface area contributed by atoms with Crippen LogP contribution in [0.25, 0.3) is 11.1 Å². The van der Waals surface area contributed by atoms with Crippen LogP contribution in [0.15, 0.2) is 18.2 Å². The number of hydrogen-bond donors (Lipinski definition) is 0. The summed E-state index contributed by atoms with van der Waals surface area (Å²) in [5, 5.41) is 23.9. The minimum atomic E-state index is -5.96. The zero-order chi connectivity index (χ0) is 30.5. The molecule has 2 aromatic carbocycles. The van der Waals surface area contributed by atoms with Crippen LogP contribution in [0, 0.1) is 0 Å². The number of alkyl halides is 12. The first-order chi connectivity index (χ1) is 17.4. The van der Waals surface area contributed by atoms with E-state index in [1.807, 2.05) is 0 Å². The van der Waals surface area contributed by atoms with E-state index in [4.69, 9.17) is 9.47 Å². The maximum Gasteiger partial charge on any atom is 1.00 e. The van der Waals surface area contributed by atoms with Gasteiger partial charge in [-0.1, -0.05) is 12.6 Å². The molecule has 0 spiro atoms. The quantitative estimate of drug-likeness (QED) is 0.331. The van der Waals surface area contributed by atoms with E-state index in [1.165, 1.54) is 0 Å². The average molecular weight is 598 g/mol. The van der Waals surface area contributed by atoms with Crippen molar-refractivity contribution < 1.29 is 110 Å². The number of rotatable bonds is 6. The summed E-state index contributed by atoms with van der Waals surface area (Å²) in [7, 11) is -3.88. The summed E-state index contributed by atoms with van der Waals surface area (Å²) >= 11 is 0. The van der Waals surface area contributed by atoms with E-state index >= 15 is 0 Å². The van der Waals surface area contributed by atoms with Gasteiger partial charge in [0.1, 0.15) is 17.1 Å². The average Bonchev–Trinajstić information content (AvgIpc) is 2.68. The minimum Gasteiger partial charge on any atom is -0.889 e. The van der Waals surface area contributed by atoms with Gasteiger partial charge in [-0.2, -0.15) is 52.7 Å². The first-order valence-corrected chi connectivity index (χ1v) is 10.7. The number of benzene rings is 2. The maximum absolute atomic E-state index is 14.4. The molecule has 0 saturated heterocycles. The van der Waals surface area contributed by atoms with Gasteiger partial charge in [-0.05, 0) is 51.5 Å². The summed E-state index contributed by atoms with van der Waals surface area (Å²) in [4.78, 5) is 0. The van der Waals surface area contributed by atoms with Gasteiger partial charge < -0.3 is 19.5 Å². The van der Waals surface area contributed by atoms with Crippen LogP contribution in [-0.4, -0.2) is 19.3 Å². The van der Waals surface area contributed by atoms with E-state index in [0.717, 1.165) is 27.7 Å². The molecule has 0 aromatic heterocycles. The van der Waals surface area contributed by atoms with Crippen LogP contribution in [0.5, 0.6) is 11.5 Å². The van der Waals surface area contributed by atoms with Gasteiger partial charge in [-0.25, -0.2) is 0 Å². The third-order valence-electron chi connectivity index (χ3n) is 4.83. The molecule has 41 heavy (non-hydrogen) atoms. The Bertz CT molecular complexity index is 1180. The van der Waals surface area contributed by atoms with Gasteiger partial charge in [-0.15, -0.1) is 0 Å². The third kappa shape index (κ3) is 9.18. The molecule has 0 N–H and O–H groups in total. The van der Waals surface area contributed by atoms with Crippen molar-refractivity contribution >= 4 is 12.6 Å². The molecule has 218 valence electrons. The van der Waals surface area contributed by atoms with Gasteiger partial charge in [0.25, 0.3) is 0 Å². The van der Waals surface area contributed by atoms with Crippen molar-refractivity contribution in [1.82, 2.24) is 0 Å². The number of ether oxygens (including phenoxy) is 2. The van der Waals surface area contributed by atoms with Crippen LogP contribution >= 0.6 is 0 Å². The topological polar surface area (TPSA) is 64.6 Å². The van der Waals surface area contributed by atoms with Crippen molar-refractivity contribution in [3.8, 4) is 22.6 Å². The standard InChI is InChI=1S/C22H17BF12O4.2Li/c1-8(2)38-17-13(10-5-11(19(24,25)26)7-12(6-10)20(27,28)29)14(21(30,31)32)16(23(36)37)18(39-9(3)4)15(17)22(33,34)35;;/h5-9H,1-4H3;;/q-2;2*+1. The van der Waals surface area contributed by atoms with Crippen molar-refractivity contribution in [2.24, 2.45) is 0 Å². The molecule has 19 heteroatoms. The fraction of sp³-hybridized carbons (Fsp3) is 0.455. The van der Waals surface area contributed by atoms with Crippen molar-refractivity contribution in [1.29, 1.82) is 0 Å². The van der Waals surface area contributed by atoms with E-state index in [1.54, 1.807) is 0 Å². The Balaban J connectivity index is 0.00000800. The van der Waals surface area contributed by atoms with Crippen LogP contribution in [0.1, 0.15) is 49.9 Å². The van der Waals surface area contributed by atoms with Crippen molar-refractivity contribution in [3.05, 3.63) is 40.5 Å². The van der Waals surface area contributed by atoms with E-state index < -0.39 is 100 Å². The first-order valence-electron chi connectivity index (χ1n) is 10.7. The molecule has 0 amide bonds. The number of halogens is 12. The molecule has 0 bridgehead atoms. The molecular weight excluding hydrogens is 581 g/mol. The second kappa shape index (κ2) is 13.3. The summed E-state index contributed by atoms with van der Waals surface area (Å²) < 4.78 is 177. The zero-order valence-electron chi connectivity index (χ0n) is 22.1. The fourth-order valence-electron chi connectivity index (χ4n) is 3.59. The molecule has 2 aromatic rings. The molecular formula is C22H17BF12Li2O4. The molecule has 0 aliphatic rings. The first kappa shape index (κ1) is 39.4. The predicted molar refractivity (Wildman–Crippen MR) is 109 cm³/mol. The summed E-state index contributed by atoms with van der Waals surface area (Å²) in [6.07, 6.45) is -25.8. The summed E-state index contributed by atoms with van der Waals surface area (Å²) in [6, 6.07) is -1.01. The van der Waals surface area contributed by atoms with E-state index in [-0.39, 0.29) is 49.9 Å². The van der Waals surface area contributed by atoms with Crippen molar-refractivity contribution in [2.75, 3.05) is 0 Å². The van der Waals surface area contributed by atoms with E-state index in [9.17, 15) is 62.7 Å². The van der Waals surface area contributed by atoms with Gasteiger partial charge in [0, 0.05) is 5.56 Å². The van der Waals surface area contributed by atoms with Crippen molar-refractivity contribution in [2.45, 2.75) is 64.6 Å². The van der Waals surface area contributed by atoms with Crippen LogP contribution < -0.4 is 62.7 Å². The van der Waals surface area contributed by atoms with Crippen LogP contribution in [0.4, 0.5) is 52.7 Å². The Hall–Kier alpha value is -1.62. The number of hydrogen-bond acceptors (Lipinski definition) is 4. The molecule has 0 radical (unpaired) electrons. The summed E-state index contributed by atoms with van der Waals surface area (Å²) in [5.41, 5.74) is -15.1. The Labute approximate surface area is 249 Å². The molecule has 0 fully saturated rings. The fourth-order valence-corrected chi connectivity index (χ4v) is 3.59. The third-order valence-corrected chi connectivity index (χ3v) is 4.83. The molecule has 0 aliphatic heterocycles. The second-order valence-electron chi connectivity index (χ2n) is 8.65. The zero-order valence-corrected chi connectivity index (χ0v) is 22.1. The Kier molecular flexibility index (Phi) is 12.8. The van der Waals surface area contributed by atoms with Crippen LogP contribution in [0.3, 0.4) is 0 Å². The minimum absolute atomic E-state index is 0. The Morgan fingerprint density at radius 2 is 0.951 bits per heavy atom. The molecule has 0 heterocycles. The molecule has 0 unspecified atom stereocenters. The van der Waals surface area contributed by atoms with Crippen LogP contribution in [0.2, 0.25) is 0 Å². The van der Waals surface area contributed by atoms with Gasteiger partial charge in [0.05, 0.1) is 28.9 Å². The van der Waals surface area contributed by atoms with E-state index in [2.05, 4.69) is 0 Å². The summed E-state index contributed by atoms with van der Waals surface area (Å²) in [6.45, 7) is 4.07. The molecule has 0 atom stereocenters. The predicted octanol–water partition coefficient (Wildman–Crippen LogP) is -0.573. The van der Waals surface area contributed by atoms with Gasteiger partial charge in [0.2, 0.25) is 0 Å². The summed E-state index contributed by atoms with van der Waals surface area (Å²) in [5.74, 6) is -3.78. The molecule has 0 aliphatic carbocycles. The largest absolute Gasteiger partial charge is 1.00 e. The van der Waals surface area contributed by atoms with Crippen molar-refractivity contribution in [3.63, 3.8) is 0 Å². The monoisotopic (exact) mass is 598 g/mol. The Morgan fingerprint density at radius 3 is 1.24 bits per heavy atom. The van der Waals surface area contributed by atoms with Gasteiger partial charge in [-0.3, -0.25) is 0 Å². The Morgan fingerprint density at radius 1 is 0.585 bits per heavy atom. The van der Waals surface area contributed by atoms with E-state index in [0.29, 0.717) is 0 Å². The molecule has 2 rings (SSSR count). The molecule has 0 saturated carbocycles. The maximum atomic E-state index is 14.4. The normalized spacial score (nSPS) is 12.7. The SMILES string of the molecule is CC(C)Oc1c(B([O-])[O-])c(C(F)(F)F)c(-c2cc(C(F)(F)F)cc(C(F)(F)F)c2)c(OC(C)C)c1C(F)(F)F.[Li+].[Li+]. The smallest absolute Gasteiger partial charge is 0.889 e. The van der Waals surface area contributed by atoms with Gasteiger partial charge >= 0.3 is 62.4 Å².